The van der Waals surface area contributed by atoms with E-state index in [4.69, 9.17) is 24.8 Å². The number of hydrogen-bond acceptors (Lipinski definition) is 9. The lowest BCUT2D eigenvalue weighted by Crippen LogP contribution is -2.34. The van der Waals surface area contributed by atoms with E-state index in [0.717, 1.165) is 103 Å². The van der Waals surface area contributed by atoms with Gasteiger partial charge < -0.3 is 25.2 Å². The first-order valence-corrected chi connectivity index (χ1v) is 23.8. The summed E-state index contributed by atoms with van der Waals surface area (Å²) < 4.78 is 32.7. The zero-order valence-corrected chi connectivity index (χ0v) is 37.0. The fraction of sp³-hybridized carbons (Fsp3) is 0.717. The molecule has 0 saturated carbocycles. The van der Waals surface area contributed by atoms with Crippen LogP contribution in [0.3, 0.4) is 0 Å². The molecule has 0 aliphatic rings. The summed E-state index contributed by atoms with van der Waals surface area (Å²) in [5.74, 6) is -2.41. The third-order valence-corrected chi connectivity index (χ3v) is 10.2. The zero-order chi connectivity index (χ0) is 42.8. The van der Waals surface area contributed by atoms with E-state index in [-0.39, 0.29) is 19.4 Å². The highest BCUT2D eigenvalue weighted by molar-refractivity contribution is 7.47. The molecule has 0 aromatic heterocycles. The Hall–Kier alpha value is -2.82. The standard InChI is InChI=1S/C46H80NO10P/c1-3-5-7-9-11-13-15-17-19-20-21-22-24-26-28-30-32-34-36-38-45(49)57-42(40-55-58(52,53)56-41-43(47)46(50)51)39-54-44(48)37-35-33-31-29-27-25-23-18-16-14-12-10-8-6-4-2/h5,7,11,13,17-19,21-23,42-43H,3-4,6,8-10,12,14-16,20,24-41,47H2,1-2H3,(H,50,51)(H,52,53)/b7-5-,13-11-,19-17-,22-21-,23-18-. The van der Waals surface area contributed by atoms with E-state index in [2.05, 4.69) is 79.1 Å². The number of unbranched alkanes of at least 4 members (excludes halogenated alkanes) is 17. The molecule has 12 heteroatoms. The fourth-order valence-electron chi connectivity index (χ4n) is 5.76. The molecule has 0 fully saturated rings. The van der Waals surface area contributed by atoms with Gasteiger partial charge in [-0.1, -0.05) is 152 Å². The molecule has 58 heavy (non-hydrogen) atoms. The Bertz CT molecular complexity index is 1210. The number of esters is 2. The Morgan fingerprint density at radius 2 is 0.966 bits per heavy atom. The highest BCUT2D eigenvalue weighted by atomic mass is 31.2. The lowest BCUT2D eigenvalue weighted by Gasteiger charge is -2.20. The van der Waals surface area contributed by atoms with Crippen molar-refractivity contribution in [1.82, 2.24) is 0 Å². The number of aliphatic carboxylic acids is 1. The molecule has 0 heterocycles. The summed E-state index contributed by atoms with van der Waals surface area (Å²) in [5.41, 5.74) is 5.33. The molecule has 11 nitrogen and oxygen atoms in total. The molecule has 0 amide bonds. The Balaban J connectivity index is 4.39. The molecule has 334 valence electrons. The second-order valence-electron chi connectivity index (χ2n) is 14.8. The molecule has 0 aromatic carbocycles. The van der Waals surface area contributed by atoms with Crippen LogP contribution in [-0.2, 0) is 37.5 Å². The van der Waals surface area contributed by atoms with Crippen LogP contribution in [0.4, 0.5) is 0 Å². The van der Waals surface area contributed by atoms with Crippen molar-refractivity contribution in [2.75, 3.05) is 19.8 Å². The van der Waals surface area contributed by atoms with Crippen LogP contribution < -0.4 is 5.73 Å². The Kier molecular flexibility index (Phi) is 38.9. The number of hydrogen-bond donors (Lipinski definition) is 3. The van der Waals surface area contributed by atoms with E-state index in [1.165, 1.54) is 38.5 Å². The van der Waals surface area contributed by atoms with Crippen LogP contribution in [0, 0.1) is 0 Å². The van der Waals surface area contributed by atoms with Gasteiger partial charge in [0, 0.05) is 12.8 Å². The van der Waals surface area contributed by atoms with Crippen LogP contribution in [0.25, 0.3) is 0 Å². The van der Waals surface area contributed by atoms with Crippen molar-refractivity contribution >= 4 is 25.7 Å². The maximum atomic E-state index is 12.6. The lowest BCUT2D eigenvalue weighted by atomic mass is 10.1. The Morgan fingerprint density at radius 3 is 1.47 bits per heavy atom. The first-order chi connectivity index (χ1) is 28.1. The van der Waals surface area contributed by atoms with Gasteiger partial charge in [-0.3, -0.25) is 23.4 Å². The largest absolute Gasteiger partial charge is 0.480 e. The minimum absolute atomic E-state index is 0.141. The predicted octanol–water partition coefficient (Wildman–Crippen LogP) is 12.0. The van der Waals surface area contributed by atoms with E-state index in [0.29, 0.717) is 12.8 Å². The van der Waals surface area contributed by atoms with Gasteiger partial charge in [-0.05, 0) is 77.0 Å². The molecule has 0 spiro atoms. The number of allylic oxidation sites excluding steroid dienone is 10. The van der Waals surface area contributed by atoms with Gasteiger partial charge in [0.15, 0.2) is 6.10 Å². The Morgan fingerprint density at radius 1 is 0.552 bits per heavy atom. The fourth-order valence-corrected chi connectivity index (χ4v) is 6.53. The molecular formula is C46H80NO10P. The first kappa shape index (κ1) is 55.2. The first-order valence-electron chi connectivity index (χ1n) is 22.3. The number of phosphoric acid groups is 1. The van der Waals surface area contributed by atoms with Gasteiger partial charge in [0.05, 0.1) is 13.2 Å². The van der Waals surface area contributed by atoms with Gasteiger partial charge >= 0.3 is 25.7 Å². The number of ether oxygens (including phenoxy) is 2. The van der Waals surface area contributed by atoms with Gasteiger partial charge in [0.25, 0.3) is 0 Å². The number of carbonyl (C=O) groups is 3. The minimum atomic E-state index is -4.73. The van der Waals surface area contributed by atoms with Crippen molar-refractivity contribution in [3.63, 3.8) is 0 Å². The van der Waals surface area contributed by atoms with Crippen molar-refractivity contribution < 1.29 is 47.5 Å². The number of carboxylic acids is 1. The summed E-state index contributed by atoms with van der Waals surface area (Å²) in [6.45, 7) is 2.66. The van der Waals surface area contributed by atoms with E-state index < -0.39 is 51.1 Å². The van der Waals surface area contributed by atoms with Crippen LogP contribution in [0.5, 0.6) is 0 Å². The van der Waals surface area contributed by atoms with Gasteiger partial charge in [-0.25, -0.2) is 4.57 Å². The van der Waals surface area contributed by atoms with Crippen molar-refractivity contribution in [1.29, 1.82) is 0 Å². The van der Waals surface area contributed by atoms with E-state index in [1.807, 2.05) is 0 Å². The molecule has 3 unspecified atom stereocenters. The van der Waals surface area contributed by atoms with Gasteiger partial charge in [-0.15, -0.1) is 0 Å². The maximum Gasteiger partial charge on any atom is 0.472 e. The molecule has 4 N–H and O–H groups in total. The summed E-state index contributed by atoms with van der Waals surface area (Å²) in [5, 5.41) is 8.89. The highest BCUT2D eigenvalue weighted by Gasteiger charge is 2.28. The average molecular weight is 838 g/mol. The monoisotopic (exact) mass is 838 g/mol. The van der Waals surface area contributed by atoms with Gasteiger partial charge in [-0.2, -0.15) is 0 Å². The van der Waals surface area contributed by atoms with E-state index in [1.54, 1.807) is 0 Å². The smallest absolute Gasteiger partial charge is 0.472 e. The topological polar surface area (TPSA) is 172 Å². The van der Waals surface area contributed by atoms with Gasteiger partial charge in [0.2, 0.25) is 0 Å². The average Bonchev–Trinajstić information content (AvgIpc) is 3.20. The molecule has 0 radical (unpaired) electrons. The minimum Gasteiger partial charge on any atom is -0.480 e. The van der Waals surface area contributed by atoms with Crippen molar-refractivity contribution in [2.24, 2.45) is 5.73 Å². The highest BCUT2D eigenvalue weighted by Crippen LogP contribution is 2.43. The number of carbonyl (C=O) groups excluding carboxylic acids is 2. The SMILES string of the molecule is CC/C=C\C/C=C\C/C=C\C/C=C\CCCCCCCCC(=O)OC(COC(=O)CCCCCCC/C=C\CCCCCCCC)COP(=O)(O)OCC(N)C(=O)O. The summed E-state index contributed by atoms with van der Waals surface area (Å²) >= 11 is 0. The van der Waals surface area contributed by atoms with Crippen LogP contribution in [0.2, 0.25) is 0 Å². The van der Waals surface area contributed by atoms with Crippen LogP contribution >= 0.6 is 7.82 Å². The van der Waals surface area contributed by atoms with Crippen LogP contribution in [-0.4, -0.2) is 59.9 Å². The lowest BCUT2D eigenvalue weighted by molar-refractivity contribution is -0.161. The van der Waals surface area contributed by atoms with Gasteiger partial charge in [0.1, 0.15) is 12.6 Å². The maximum absolute atomic E-state index is 12.6. The number of phosphoric ester groups is 1. The molecule has 0 rings (SSSR count). The summed E-state index contributed by atoms with van der Waals surface area (Å²) in [6.07, 6.45) is 47.1. The van der Waals surface area contributed by atoms with E-state index in [9.17, 15) is 23.8 Å². The summed E-state index contributed by atoms with van der Waals surface area (Å²) in [6, 6.07) is -1.53. The van der Waals surface area contributed by atoms with Crippen molar-refractivity contribution in [2.45, 2.75) is 193 Å². The molecule has 0 aromatic rings. The number of carboxylic acid groups (broad SMARTS) is 1. The van der Waals surface area contributed by atoms with Crippen molar-refractivity contribution in [3.8, 4) is 0 Å². The molecule has 0 saturated heterocycles. The van der Waals surface area contributed by atoms with Crippen molar-refractivity contribution in [3.05, 3.63) is 60.8 Å². The zero-order valence-electron chi connectivity index (χ0n) is 36.1. The van der Waals surface area contributed by atoms with Crippen LogP contribution in [0.15, 0.2) is 60.8 Å². The molecule has 3 atom stereocenters. The third-order valence-electron chi connectivity index (χ3n) is 9.25. The normalized spacial score (nSPS) is 14.3. The third kappa shape index (κ3) is 40.0. The summed E-state index contributed by atoms with van der Waals surface area (Å²) in [4.78, 5) is 46.0. The van der Waals surface area contributed by atoms with E-state index >= 15 is 0 Å². The molecule has 0 aliphatic heterocycles. The molecule has 0 aliphatic carbocycles. The second-order valence-corrected chi connectivity index (χ2v) is 16.2. The second kappa shape index (κ2) is 40.9. The number of nitrogens with two attached hydrogens (primary N) is 1. The quantitative estimate of drug-likeness (QED) is 0.0231. The number of rotatable bonds is 41. The molecular weight excluding hydrogens is 757 g/mol. The van der Waals surface area contributed by atoms with Crippen LogP contribution in [0.1, 0.15) is 181 Å². The molecule has 0 bridgehead atoms. The predicted molar refractivity (Wildman–Crippen MR) is 235 cm³/mol. The Labute approximate surface area is 351 Å². The summed E-state index contributed by atoms with van der Waals surface area (Å²) in [7, 11) is -4.73.